The van der Waals surface area contributed by atoms with Crippen LogP contribution in [0.4, 0.5) is 5.69 Å². The minimum absolute atomic E-state index is 0.151. The van der Waals surface area contributed by atoms with E-state index in [1.54, 1.807) is 42.1 Å². The number of nitrogens with zero attached hydrogens (tertiary/aromatic N) is 1. The summed E-state index contributed by atoms with van der Waals surface area (Å²) in [7, 11) is -3.87. The number of rotatable bonds is 9. The molecule has 0 bridgehead atoms. The zero-order chi connectivity index (χ0) is 21.4. The smallest absolute Gasteiger partial charge is 0.264 e. The van der Waals surface area contributed by atoms with Gasteiger partial charge in [-0.2, -0.15) is 0 Å². The minimum Gasteiger partial charge on any atom is -0.354 e. The highest BCUT2D eigenvalue weighted by atomic mass is 32.2. The first-order valence-corrected chi connectivity index (χ1v) is 12.0. The van der Waals surface area contributed by atoms with Crippen LogP contribution in [-0.2, 0) is 14.8 Å². The third-order valence-corrected chi connectivity index (χ3v) is 7.18. The van der Waals surface area contributed by atoms with Crippen molar-refractivity contribution in [2.45, 2.75) is 16.7 Å². The number of nitrogens with one attached hydrogen (secondary N) is 1. The molecule has 3 rings (SSSR count). The van der Waals surface area contributed by atoms with Gasteiger partial charge in [0, 0.05) is 17.2 Å². The summed E-state index contributed by atoms with van der Waals surface area (Å²) in [6.45, 7) is 2.10. The number of benzene rings is 3. The third kappa shape index (κ3) is 5.87. The number of hydrogen-bond acceptors (Lipinski definition) is 4. The quantitative estimate of drug-likeness (QED) is 0.402. The molecule has 0 heterocycles. The van der Waals surface area contributed by atoms with Gasteiger partial charge in [-0.15, -0.1) is 11.8 Å². The van der Waals surface area contributed by atoms with Gasteiger partial charge >= 0.3 is 0 Å². The Labute approximate surface area is 182 Å². The summed E-state index contributed by atoms with van der Waals surface area (Å²) in [6.07, 6.45) is 0. The number of amides is 1. The second-order valence-corrected chi connectivity index (χ2v) is 9.70. The van der Waals surface area contributed by atoms with Crippen LogP contribution in [0.2, 0.25) is 0 Å². The van der Waals surface area contributed by atoms with Crippen LogP contribution in [0.5, 0.6) is 0 Å². The molecule has 7 heteroatoms. The summed E-state index contributed by atoms with van der Waals surface area (Å²) in [6, 6.07) is 25.2. The fraction of sp³-hybridized carbons (Fsp3) is 0.174. The molecule has 156 valence electrons. The van der Waals surface area contributed by atoms with E-state index in [4.69, 9.17) is 0 Å². The second-order valence-electron chi connectivity index (χ2n) is 6.67. The zero-order valence-electron chi connectivity index (χ0n) is 16.7. The molecule has 3 aromatic rings. The zero-order valence-corrected chi connectivity index (χ0v) is 18.3. The van der Waals surface area contributed by atoms with Gasteiger partial charge in [0.2, 0.25) is 5.91 Å². The van der Waals surface area contributed by atoms with Crippen molar-refractivity contribution >= 4 is 33.4 Å². The van der Waals surface area contributed by atoms with Crippen molar-refractivity contribution in [3.8, 4) is 0 Å². The molecule has 0 aliphatic rings. The molecule has 1 amide bonds. The number of aryl methyl sites for hydroxylation is 1. The fourth-order valence-electron chi connectivity index (χ4n) is 2.81. The van der Waals surface area contributed by atoms with Gasteiger partial charge in [0.25, 0.3) is 10.0 Å². The third-order valence-electron chi connectivity index (χ3n) is 4.38. The van der Waals surface area contributed by atoms with Crippen molar-refractivity contribution in [2.75, 3.05) is 23.1 Å². The summed E-state index contributed by atoms with van der Waals surface area (Å²) in [4.78, 5) is 13.8. The van der Waals surface area contributed by atoms with Crippen LogP contribution >= 0.6 is 11.8 Å². The van der Waals surface area contributed by atoms with E-state index in [-0.39, 0.29) is 17.3 Å². The lowest BCUT2D eigenvalue weighted by Crippen LogP contribution is -2.41. The molecule has 0 saturated carbocycles. The van der Waals surface area contributed by atoms with E-state index < -0.39 is 10.0 Å². The molecule has 30 heavy (non-hydrogen) atoms. The highest BCUT2D eigenvalue weighted by Gasteiger charge is 2.26. The normalized spacial score (nSPS) is 11.1. The van der Waals surface area contributed by atoms with Gasteiger partial charge in [-0.05, 0) is 43.3 Å². The fourth-order valence-corrected chi connectivity index (χ4v) is 5.04. The molecule has 0 radical (unpaired) electrons. The van der Waals surface area contributed by atoms with Crippen LogP contribution in [0.1, 0.15) is 5.56 Å². The van der Waals surface area contributed by atoms with E-state index in [9.17, 15) is 13.2 Å². The Kier molecular flexibility index (Phi) is 7.54. The van der Waals surface area contributed by atoms with Gasteiger partial charge in [-0.1, -0.05) is 54.1 Å². The van der Waals surface area contributed by atoms with E-state index in [0.29, 0.717) is 18.0 Å². The molecule has 0 aliphatic heterocycles. The molecule has 0 spiro atoms. The standard InChI is InChI=1S/C23H24N2O3S2/c1-19-12-14-20(15-13-19)25(30(27,28)22-10-6-3-7-11-22)18-23(26)24-16-17-29-21-8-4-2-5-9-21/h2-15H,16-18H2,1H3,(H,24,26). The number of carbonyl (C=O) groups excluding carboxylic acids is 1. The van der Waals surface area contributed by atoms with Gasteiger partial charge in [0.15, 0.2) is 0 Å². The first kappa shape index (κ1) is 21.9. The van der Waals surface area contributed by atoms with E-state index in [1.165, 1.54) is 12.1 Å². The highest BCUT2D eigenvalue weighted by molar-refractivity contribution is 7.99. The van der Waals surface area contributed by atoms with Crippen molar-refractivity contribution in [3.05, 3.63) is 90.5 Å². The largest absolute Gasteiger partial charge is 0.354 e. The average molecular weight is 441 g/mol. The summed E-state index contributed by atoms with van der Waals surface area (Å²) < 4.78 is 27.6. The average Bonchev–Trinajstić information content (AvgIpc) is 2.77. The number of sulfonamides is 1. The molecule has 1 N–H and O–H groups in total. The molecule has 3 aromatic carbocycles. The molecule has 0 atom stereocenters. The van der Waals surface area contributed by atoms with Gasteiger partial charge in [-0.25, -0.2) is 8.42 Å². The maximum absolute atomic E-state index is 13.2. The van der Waals surface area contributed by atoms with Crippen LogP contribution in [0.15, 0.2) is 94.7 Å². The van der Waals surface area contributed by atoms with Gasteiger partial charge in [0.05, 0.1) is 10.6 Å². The number of anilines is 1. The van der Waals surface area contributed by atoms with Crippen LogP contribution in [-0.4, -0.2) is 33.2 Å². The van der Waals surface area contributed by atoms with Gasteiger partial charge in [-0.3, -0.25) is 9.10 Å². The van der Waals surface area contributed by atoms with Crippen molar-refractivity contribution < 1.29 is 13.2 Å². The first-order valence-electron chi connectivity index (χ1n) is 9.56. The lowest BCUT2D eigenvalue weighted by atomic mass is 10.2. The Morgan fingerprint density at radius 3 is 2.13 bits per heavy atom. The summed E-state index contributed by atoms with van der Waals surface area (Å²) >= 11 is 1.64. The van der Waals surface area contributed by atoms with Crippen LogP contribution in [0.25, 0.3) is 0 Å². The van der Waals surface area contributed by atoms with Crippen LogP contribution in [0, 0.1) is 6.92 Å². The summed E-state index contributed by atoms with van der Waals surface area (Å²) in [5.41, 5.74) is 1.47. The first-order chi connectivity index (χ1) is 14.5. The molecule has 0 unspecified atom stereocenters. The number of thioether (sulfide) groups is 1. The van der Waals surface area contributed by atoms with Gasteiger partial charge < -0.3 is 5.32 Å². The Balaban J connectivity index is 1.69. The molecule has 0 aliphatic carbocycles. The molecule has 0 fully saturated rings. The van der Waals surface area contributed by atoms with Crippen molar-refractivity contribution in [1.82, 2.24) is 5.32 Å². The number of hydrogen-bond donors (Lipinski definition) is 1. The monoisotopic (exact) mass is 440 g/mol. The van der Waals surface area contributed by atoms with Crippen LogP contribution in [0.3, 0.4) is 0 Å². The van der Waals surface area contributed by atoms with E-state index in [0.717, 1.165) is 14.8 Å². The summed E-state index contributed by atoms with van der Waals surface area (Å²) in [5.74, 6) is 0.356. The summed E-state index contributed by atoms with van der Waals surface area (Å²) in [5, 5.41) is 2.82. The predicted molar refractivity (Wildman–Crippen MR) is 122 cm³/mol. The molecular formula is C23H24N2O3S2. The van der Waals surface area contributed by atoms with E-state index in [1.807, 2.05) is 49.4 Å². The maximum Gasteiger partial charge on any atom is 0.264 e. The Morgan fingerprint density at radius 1 is 0.900 bits per heavy atom. The second kappa shape index (κ2) is 10.3. The topological polar surface area (TPSA) is 66.5 Å². The Bertz CT molecular complexity index is 1050. The SMILES string of the molecule is Cc1ccc(N(CC(=O)NCCSc2ccccc2)S(=O)(=O)c2ccccc2)cc1. The number of carbonyl (C=O) groups is 1. The van der Waals surface area contributed by atoms with Crippen molar-refractivity contribution in [3.63, 3.8) is 0 Å². The maximum atomic E-state index is 13.2. The molecule has 0 aromatic heterocycles. The van der Waals surface area contributed by atoms with Gasteiger partial charge in [0.1, 0.15) is 6.54 Å². The predicted octanol–water partition coefficient (Wildman–Crippen LogP) is 4.10. The van der Waals surface area contributed by atoms with Crippen LogP contribution < -0.4 is 9.62 Å². The molecule has 0 saturated heterocycles. The molecule has 5 nitrogen and oxygen atoms in total. The molecular weight excluding hydrogens is 416 g/mol. The van der Waals surface area contributed by atoms with Crippen molar-refractivity contribution in [1.29, 1.82) is 0 Å². The minimum atomic E-state index is -3.87. The van der Waals surface area contributed by atoms with Crippen molar-refractivity contribution in [2.24, 2.45) is 0 Å². The van der Waals surface area contributed by atoms with E-state index in [2.05, 4.69) is 5.32 Å². The van der Waals surface area contributed by atoms with E-state index >= 15 is 0 Å². The highest BCUT2D eigenvalue weighted by Crippen LogP contribution is 2.24. The Morgan fingerprint density at radius 2 is 1.50 bits per heavy atom. The lowest BCUT2D eigenvalue weighted by Gasteiger charge is -2.24. The Hall–Kier alpha value is -2.77. The lowest BCUT2D eigenvalue weighted by molar-refractivity contribution is -0.119.